The molecule has 1 heteroatoms. The highest BCUT2D eigenvalue weighted by atomic mass is 16.3. The minimum absolute atomic E-state index is 0.130. The van der Waals surface area contributed by atoms with Crippen LogP contribution in [0.4, 0.5) is 0 Å². The van der Waals surface area contributed by atoms with Crippen molar-refractivity contribution in [2.75, 3.05) is 0 Å². The van der Waals surface area contributed by atoms with Gasteiger partial charge in [0.2, 0.25) is 0 Å². The Morgan fingerprint density at radius 2 is 0.905 bits per heavy atom. The lowest BCUT2D eigenvalue weighted by molar-refractivity contribution is 0.669. The Bertz CT molecular complexity index is 3900. The highest BCUT2D eigenvalue weighted by molar-refractivity contribution is 6.27. The molecule has 1 atom stereocenters. The van der Waals surface area contributed by atoms with Gasteiger partial charge in [-0.25, -0.2) is 0 Å². The molecule has 0 fully saturated rings. The summed E-state index contributed by atoms with van der Waals surface area (Å²) in [6, 6.07) is 79.6. The summed E-state index contributed by atoms with van der Waals surface area (Å²) >= 11 is 0. The van der Waals surface area contributed by atoms with Crippen LogP contribution in [0.3, 0.4) is 0 Å². The van der Waals surface area contributed by atoms with E-state index in [1.807, 2.05) is 0 Å². The fourth-order valence-electron chi connectivity index (χ4n) is 12.6. The number of hydrogen-bond donors (Lipinski definition) is 0. The van der Waals surface area contributed by atoms with Crippen LogP contribution in [0, 0.1) is 0 Å². The van der Waals surface area contributed by atoms with E-state index in [0.29, 0.717) is 0 Å². The molecule has 0 aliphatic heterocycles. The van der Waals surface area contributed by atoms with Crippen molar-refractivity contribution in [3.05, 3.63) is 251 Å². The topological polar surface area (TPSA) is 13.1 Å². The van der Waals surface area contributed by atoms with E-state index in [9.17, 15) is 0 Å². The maximum absolute atomic E-state index is 7.22. The lowest BCUT2D eigenvalue weighted by Gasteiger charge is -2.31. The zero-order valence-electron chi connectivity index (χ0n) is 34.2. The van der Waals surface area contributed by atoms with Crippen LogP contribution < -0.4 is 0 Å². The zero-order valence-corrected chi connectivity index (χ0v) is 34.2. The predicted octanol–water partition coefficient (Wildman–Crippen LogP) is 16.2. The third-order valence-electron chi connectivity index (χ3n) is 14.9. The lowest BCUT2D eigenvalue weighted by atomic mass is 9.69. The first kappa shape index (κ1) is 33.7. The summed E-state index contributed by atoms with van der Waals surface area (Å²) in [5, 5.41) is 9.95. The van der Waals surface area contributed by atoms with E-state index < -0.39 is 5.41 Å². The number of benzene rings is 11. The van der Waals surface area contributed by atoms with E-state index in [-0.39, 0.29) is 5.92 Å². The Morgan fingerprint density at radius 1 is 0.333 bits per heavy atom. The second kappa shape index (κ2) is 12.1. The van der Waals surface area contributed by atoms with Crippen LogP contribution in [-0.4, -0.2) is 0 Å². The van der Waals surface area contributed by atoms with E-state index in [0.717, 1.165) is 27.7 Å². The normalized spacial score (nSPS) is 15.0. The number of para-hydroxylation sites is 1. The number of fused-ring (bicyclic) bond motifs is 24. The van der Waals surface area contributed by atoms with Crippen LogP contribution in [-0.2, 0) is 5.41 Å². The van der Waals surface area contributed by atoms with Crippen molar-refractivity contribution in [2.45, 2.75) is 11.3 Å². The largest absolute Gasteiger partial charge is 0.455 e. The van der Waals surface area contributed by atoms with Gasteiger partial charge in [0.1, 0.15) is 11.2 Å². The summed E-state index contributed by atoms with van der Waals surface area (Å²) in [5.41, 5.74) is 20.8. The van der Waals surface area contributed by atoms with E-state index in [1.54, 1.807) is 0 Å². The molecule has 3 aliphatic carbocycles. The number of hydrogen-bond acceptors (Lipinski definition) is 1. The van der Waals surface area contributed by atoms with Gasteiger partial charge >= 0.3 is 0 Å². The van der Waals surface area contributed by atoms with Crippen LogP contribution in [0.1, 0.15) is 44.9 Å². The van der Waals surface area contributed by atoms with Gasteiger partial charge in [0.15, 0.2) is 0 Å². The molecule has 0 bridgehead atoms. The minimum Gasteiger partial charge on any atom is -0.455 e. The Kier molecular flexibility index (Phi) is 6.47. The number of rotatable bonds is 2. The van der Waals surface area contributed by atoms with Crippen molar-refractivity contribution in [3.8, 4) is 44.5 Å². The zero-order chi connectivity index (χ0) is 41.0. The van der Waals surface area contributed by atoms with Crippen molar-refractivity contribution in [1.29, 1.82) is 0 Å². The molecule has 0 N–H and O–H groups in total. The third kappa shape index (κ3) is 4.13. The fourth-order valence-corrected chi connectivity index (χ4v) is 12.6. The van der Waals surface area contributed by atoms with Crippen molar-refractivity contribution < 1.29 is 4.42 Å². The third-order valence-corrected chi connectivity index (χ3v) is 14.9. The molecule has 1 nitrogen and oxygen atoms in total. The molecular formula is C62H36O. The molecule has 1 unspecified atom stereocenters. The summed E-state index contributed by atoms with van der Waals surface area (Å²) in [4.78, 5) is 0. The summed E-state index contributed by atoms with van der Waals surface area (Å²) in [6.07, 6.45) is 0. The van der Waals surface area contributed by atoms with Crippen molar-refractivity contribution in [3.63, 3.8) is 0 Å². The first-order chi connectivity index (χ1) is 31.3. The second-order valence-electron chi connectivity index (χ2n) is 17.7. The van der Waals surface area contributed by atoms with Crippen LogP contribution in [0.5, 0.6) is 0 Å². The van der Waals surface area contributed by atoms with Gasteiger partial charge in [0.25, 0.3) is 0 Å². The average Bonchev–Trinajstić information content (AvgIpc) is 4.08. The highest BCUT2D eigenvalue weighted by Crippen LogP contribution is 2.68. The van der Waals surface area contributed by atoms with E-state index in [4.69, 9.17) is 4.42 Å². The molecule has 0 saturated carbocycles. The van der Waals surface area contributed by atoms with Crippen LogP contribution in [0.25, 0.3) is 98.8 Å². The summed E-state index contributed by atoms with van der Waals surface area (Å²) in [6.45, 7) is 0. The van der Waals surface area contributed by atoms with Crippen molar-refractivity contribution in [2.24, 2.45) is 0 Å². The number of furan rings is 1. The smallest absolute Gasteiger partial charge is 0.143 e. The predicted molar refractivity (Wildman–Crippen MR) is 261 cm³/mol. The molecule has 290 valence electrons. The fraction of sp³-hybridized carbons (Fsp3) is 0.0323. The monoisotopic (exact) mass is 796 g/mol. The molecule has 1 aromatic heterocycles. The molecule has 15 rings (SSSR count). The molecule has 0 radical (unpaired) electrons. The van der Waals surface area contributed by atoms with Gasteiger partial charge in [0, 0.05) is 22.3 Å². The van der Waals surface area contributed by atoms with Gasteiger partial charge in [0.05, 0.1) is 5.41 Å². The Morgan fingerprint density at radius 3 is 1.62 bits per heavy atom. The highest BCUT2D eigenvalue weighted by Gasteiger charge is 2.54. The first-order valence-corrected chi connectivity index (χ1v) is 22.1. The van der Waals surface area contributed by atoms with E-state index in [1.165, 1.54) is 110 Å². The summed E-state index contributed by atoms with van der Waals surface area (Å²) in [5.74, 6) is 0.130. The molecular weight excluding hydrogens is 761 g/mol. The minimum atomic E-state index is -0.562. The van der Waals surface area contributed by atoms with E-state index in [2.05, 4.69) is 212 Å². The Balaban J connectivity index is 1.14. The van der Waals surface area contributed by atoms with Crippen LogP contribution >= 0.6 is 0 Å². The average molecular weight is 797 g/mol. The van der Waals surface area contributed by atoms with Gasteiger partial charge in [-0.3, -0.25) is 0 Å². The lowest BCUT2D eigenvalue weighted by Crippen LogP contribution is -2.26. The SMILES string of the molecule is c1ccc(C2c3ccccc3-c3c2ccc2c3-c3c(cc(-c4ccc5c6ccccc6c6ccccc6c5c4)c4oc5ccccc5c34)C23c2ccccc2-c2ccccc23)cc1. The molecule has 1 spiro atoms. The summed E-state index contributed by atoms with van der Waals surface area (Å²) < 4.78 is 7.22. The first-order valence-electron chi connectivity index (χ1n) is 22.1. The standard InChI is InChI=1S/C62H36O/c1-2-16-36(17-3-1)56-45-24-8-9-25-46(45)57-48(56)32-33-53-59(57)60-54(62(53)51-27-13-10-22-43(51)44-23-11-14-28-52(44)62)35-49(61-58(60)47-26-12-15-29-55(47)63-61)37-30-31-42-40-20-5-4-18-38(40)39-19-6-7-21-41(39)50(42)34-37/h1-35,56H. The quantitative estimate of drug-likeness (QED) is 0.159. The Hall–Kier alpha value is -8.00. The second-order valence-corrected chi connectivity index (χ2v) is 17.7. The molecule has 3 aliphatic rings. The van der Waals surface area contributed by atoms with Crippen molar-refractivity contribution in [1.82, 2.24) is 0 Å². The Labute approximate surface area is 364 Å². The maximum atomic E-state index is 7.22. The van der Waals surface area contributed by atoms with Crippen LogP contribution in [0.15, 0.2) is 217 Å². The molecule has 12 aromatic rings. The maximum Gasteiger partial charge on any atom is 0.143 e. The van der Waals surface area contributed by atoms with Gasteiger partial charge in [-0.1, -0.05) is 194 Å². The summed E-state index contributed by atoms with van der Waals surface area (Å²) in [7, 11) is 0. The van der Waals surface area contributed by atoms with Gasteiger partial charge in [-0.05, 0) is 128 Å². The molecule has 63 heavy (non-hydrogen) atoms. The van der Waals surface area contributed by atoms with Crippen molar-refractivity contribution >= 4 is 54.3 Å². The van der Waals surface area contributed by atoms with Gasteiger partial charge in [-0.15, -0.1) is 0 Å². The molecule has 0 amide bonds. The van der Waals surface area contributed by atoms with Gasteiger partial charge < -0.3 is 4.42 Å². The molecule has 11 aromatic carbocycles. The van der Waals surface area contributed by atoms with Crippen LogP contribution in [0.2, 0.25) is 0 Å². The van der Waals surface area contributed by atoms with Gasteiger partial charge in [-0.2, -0.15) is 0 Å². The van der Waals surface area contributed by atoms with E-state index >= 15 is 0 Å². The molecule has 0 saturated heterocycles. The molecule has 1 heterocycles.